The van der Waals surface area contributed by atoms with Gasteiger partial charge in [0, 0.05) is 24.0 Å². The Hall–Kier alpha value is -1.29. The molecule has 2 atom stereocenters. The highest BCUT2D eigenvalue weighted by Gasteiger charge is 2.20. The Bertz CT molecular complexity index is 546. The van der Waals surface area contributed by atoms with Crippen molar-refractivity contribution in [3.8, 4) is 5.75 Å². The largest absolute Gasteiger partial charge is 0.482 e. The molecule has 0 saturated carbocycles. The summed E-state index contributed by atoms with van der Waals surface area (Å²) in [4.78, 5) is 4.07. The molecular formula is C14H14Cl2N2O. The second kappa shape index (κ2) is 6.24. The van der Waals surface area contributed by atoms with Crippen LogP contribution in [0.1, 0.15) is 18.6 Å². The normalized spacial score (nSPS) is 13.9. The maximum atomic E-state index is 6.12. The molecule has 0 saturated heterocycles. The van der Waals surface area contributed by atoms with E-state index >= 15 is 0 Å². The monoisotopic (exact) mass is 296 g/mol. The van der Waals surface area contributed by atoms with E-state index in [0.717, 1.165) is 5.56 Å². The van der Waals surface area contributed by atoms with Crippen LogP contribution in [-0.2, 0) is 0 Å². The lowest BCUT2D eigenvalue weighted by atomic mass is 10.1. The van der Waals surface area contributed by atoms with Gasteiger partial charge >= 0.3 is 0 Å². The van der Waals surface area contributed by atoms with Gasteiger partial charge in [0.15, 0.2) is 0 Å². The van der Waals surface area contributed by atoms with Crippen LogP contribution in [0.4, 0.5) is 0 Å². The predicted molar refractivity (Wildman–Crippen MR) is 77.7 cm³/mol. The van der Waals surface area contributed by atoms with Crippen LogP contribution >= 0.6 is 23.2 Å². The summed E-state index contributed by atoms with van der Waals surface area (Å²) in [6.07, 6.45) is 3.10. The summed E-state index contributed by atoms with van der Waals surface area (Å²) in [5, 5.41) is 0.840. The zero-order valence-corrected chi connectivity index (χ0v) is 11.9. The highest BCUT2D eigenvalue weighted by atomic mass is 35.5. The Balaban J connectivity index is 2.30. The van der Waals surface area contributed by atoms with Gasteiger partial charge < -0.3 is 10.5 Å². The number of aromatic nitrogens is 1. The number of nitrogens with zero attached hydrogens (tertiary/aromatic N) is 1. The molecule has 0 radical (unpaired) electrons. The van der Waals surface area contributed by atoms with Crippen LogP contribution in [0.2, 0.25) is 10.0 Å². The van der Waals surface area contributed by atoms with Crippen molar-refractivity contribution in [1.29, 1.82) is 0 Å². The third-order valence-corrected chi connectivity index (χ3v) is 3.46. The van der Waals surface area contributed by atoms with Crippen molar-refractivity contribution in [3.63, 3.8) is 0 Å². The maximum absolute atomic E-state index is 6.12. The molecule has 0 spiro atoms. The zero-order valence-electron chi connectivity index (χ0n) is 10.4. The van der Waals surface area contributed by atoms with Crippen LogP contribution in [0.15, 0.2) is 42.7 Å². The Labute approximate surface area is 122 Å². The van der Waals surface area contributed by atoms with Crippen LogP contribution in [-0.4, -0.2) is 11.0 Å². The molecule has 19 heavy (non-hydrogen) atoms. The van der Waals surface area contributed by atoms with Gasteiger partial charge in [-0.1, -0.05) is 35.3 Å². The van der Waals surface area contributed by atoms with Crippen molar-refractivity contribution >= 4 is 23.2 Å². The van der Waals surface area contributed by atoms with Gasteiger partial charge in [0.25, 0.3) is 0 Å². The summed E-state index contributed by atoms with van der Waals surface area (Å²) >= 11 is 12.1. The third kappa shape index (κ3) is 3.38. The number of benzene rings is 1. The summed E-state index contributed by atoms with van der Waals surface area (Å²) in [6.45, 7) is 1.87. The van der Waals surface area contributed by atoms with Gasteiger partial charge in [0.05, 0.1) is 5.02 Å². The zero-order chi connectivity index (χ0) is 13.8. The van der Waals surface area contributed by atoms with Crippen molar-refractivity contribution in [1.82, 2.24) is 4.98 Å². The van der Waals surface area contributed by atoms with Gasteiger partial charge in [-0.2, -0.15) is 0 Å². The molecular weight excluding hydrogens is 283 g/mol. The van der Waals surface area contributed by atoms with Gasteiger partial charge in [-0.15, -0.1) is 0 Å². The number of hydrogen-bond donors (Lipinski definition) is 1. The standard InChI is InChI=1S/C14H14Cl2N2O/c1-9(17)14(10-4-3-7-18-8-10)19-12-6-2-5-11(15)13(12)16/h2-9,14H,17H2,1H3. The van der Waals surface area contributed by atoms with Gasteiger partial charge in [-0.3, -0.25) is 4.98 Å². The molecule has 5 heteroatoms. The van der Waals surface area contributed by atoms with Crippen LogP contribution in [0.25, 0.3) is 0 Å². The Kier molecular flexibility index (Phi) is 4.64. The van der Waals surface area contributed by atoms with Crippen LogP contribution in [0.3, 0.4) is 0 Å². The van der Waals surface area contributed by atoms with Crippen molar-refractivity contribution in [2.75, 3.05) is 0 Å². The Morgan fingerprint density at radius 3 is 2.63 bits per heavy atom. The molecule has 2 rings (SSSR count). The first-order chi connectivity index (χ1) is 9.09. The van der Waals surface area contributed by atoms with Crippen LogP contribution in [0.5, 0.6) is 5.75 Å². The molecule has 0 aliphatic carbocycles. The minimum absolute atomic E-state index is 0.209. The molecule has 1 heterocycles. The first kappa shape index (κ1) is 14.1. The van der Waals surface area contributed by atoms with Gasteiger partial charge in [0.1, 0.15) is 16.9 Å². The maximum Gasteiger partial charge on any atom is 0.140 e. The van der Waals surface area contributed by atoms with Crippen molar-refractivity contribution < 1.29 is 4.74 Å². The summed E-state index contributed by atoms with van der Waals surface area (Å²) in [5.74, 6) is 0.514. The molecule has 0 bridgehead atoms. The summed E-state index contributed by atoms with van der Waals surface area (Å²) < 4.78 is 5.89. The summed E-state index contributed by atoms with van der Waals surface area (Å²) in [7, 11) is 0. The minimum Gasteiger partial charge on any atom is -0.482 e. The third-order valence-electron chi connectivity index (χ3n) is 2.66. The number of ether oxygens (including phenoxy) is 1. The average molecular weight is 297 g/mol. The van der Waals surface area contributed by atoms with Gasteiger partial charge in [-0.25, -0.2) is 0 Å². The second-order valence-electron chi connectivity index (χ2n) is 4.24. The summed E-state index contributed by atoms with van der Waals surface area (Å²) in [5.41, 5.74) is 6.87. The Morgan fingerprint density at radius 1 is 1.21 bits per heavy atom. The lowest BCUT2D eigenvalue weighted by Crippen LogP contribution is -2.29. The van der Waals surface area contributed by atoms with E-state index in [1.165, 1.54) is 0 Å². The molecule has 2 aromatic rings. The second-order valence-corrected chi connectivity index (χ2v) is 5.02. The predicted octanol–water partition coefficient (Wildman–Crippen LogP) is 3.86. The molecule has 0 amide bonds. The molecule has 0 aliphatic heterocycles. The average Bonchev–Trinajstić information content (AvgIpc) is 2.41. The van der Waals surface area contributed by atoms with E-state index in [2.05, 4.69) is 4.98 Å². The fourth-order valence-electron chi connectivity index (χ4n) is 1.74. The molecule has 0 fully saturated rings. The number of hydrogen-bond acceptors (Lipinski definition) is 3. The first-order valence-corrected chi connectivity index (χ1v) is 6.61. The van der Waals surface area contributed by atoms with E-state index < -0.39 is 0 Å². The van der Waals surface area contributed by atoms with E-state index in [1.54, 1.807) is 30.6 Å². The molecule has 1 aromatic heterocycles. The summed E-state index contributed by atoms with van der Waals surface area (Å²) in [6, 6.07) is 8.80. The minimum atomic E-state index is -0.329. The number of rotatable bonds is 4. The quantitative estimate of drug-likeness (QED) is 0.932. The van der Waals surface area contributed by atoms with Crippen molar-refractivity contribution in [2.24, 2.45) is 5.73 Å². The van der Waals surface area contributed by atoms with Crippen molar-refractivity contribution in [2.45, 2.75) is 19.1 Å². The highest BCUT2D eigenvalue weighted by Crippen LogP contribution is 2.34. The Morgan fingerprint density at radius 2 is 2.00 bits per heavy atom. The van der Waals surface area contributed by atoms with Gasteiger partial charge in [-0.05, 0) is 25.1 Å². The van der Waals surface area contributed by atoms with E-state index in [0.29, 0.717) is 15.8 Å². The molecule has 2 N–H and O–H groups in total. The topological polar surface area (TPSA) is 48.1 Å². The fourth-order valence-corrected chi connectivity index (χ4v) is 2.07. The van der Waals surface area contributed by atoms with Crippen molar-refractivity contribution in [3.05, 3.63) is 58.3 Å². The van der Waals surface area contributed by atoms with Gasteiger partial charge in [0.2, 0.25) is 0 Å². The lowest BCUT2D eigenvalue weighted by molar-refractivity contribution is 0.180. The molecule has 100 valence electrons. The number of halogens is 2. The smallest absolute Gasteiger partial charge is 0.140 e. The van der Waals surface area contributed by atoms with Crippen LogP contribution in [0, 0.1) is 0 Å². The molecule has 3 nitrogen and oxygen atoms in total. The van der Waals surface area contributed by atoms with E-state index in [1.807, 2.05) is 19.1 Å². The first-order valence-electron chi connectivity index (χ1n) is 5.85. The van der Waals surface area contributed by atoms with E-state index in [4.69, 9.17) is 33.7 Å². The van der Waals surface area contributed by atoms with Crippen LogP contribution < -0.4 is 10.5 Å². The molecule has 1 aromatic carbocycles. The lowest BCUT2D eigenvalue weighted by Gasteiger charge is -2.23. The van der Waals surface area contributed by atoms with E-state index in [9.17, 15) is 0 Å². The number of nitrogens with two attached hydrogens (primary N) is 1. The van der Waals surface area contributed by atoms with E-state index in [-0.39, 0.29) is 12.1 Å². The molecule has 0 aliphatic rings. The SMILES string of the molecule is CC(N)C(Oc1cccc(Cl)c1Cl)c1cccnc1. The molecule has 2 unspecified atom stereocenters. The fraction of sp³-hybridized carbons (Fsp3) is 0.214. The number of pyridine rings is 1. The highest BCUT2D eigenvalue weighted by molar-refractivity contribution is 6.42.